The first-order valence-corrected chi connectivity index (χ1v) is 7.33. The molecule has 1 heterocycles. The highest BCUT2D eigenvalue weighted by Crippen LogP contribution is 2.24. The minimum Gasteiger partial charge on any atom is -0.325 e. The number of nitrogens with one attached hydrogen (secondary N) is 1. The van der Waals surface area contributed by atoms with Crippen molar-refractivity contribution >= 4 is 29.0 Å². The van der Waals surface area contributed by atoms with Gasteiger partial charge in [-0.1, -0.05) is 35.9 Å². The summed E-state index contributed by atoms with van der Waals surface area (Å²) in [6, 6.07) is 16.1. The van der Waals surface area contributed by atoms with Crippen LogP contribution in [0.2, 0.25) is 0 Å². The number of benzene rings is 2. The number of anilines is 2. The highest BCUT2D eigenvalue weighted by atomic mass is 16.2. The maximum absolute atomic E-state index is 12.4. The van der Waals surface area contributed by atoms with E-state index in [0.717, 1.165) is 5.56 Å². The van der Waals surface area contributed by atoms with Crippen molar-refractivity contribution < 1.29 is 14.4 Å². The molecule has 0 saturated carbocycles. The topological polar surface area (TPSA) is 66.5 Å². The minimum absolute atomic E-state index is 0.0746. The van der Waals surface area contributed by atoms with Crippen LogP contribution >= 0.6 is 0 Å². The predicted octanol–water partition coefficient (Wildman–Crippen LogP) is 2.17. The third-order valence-electron chi connectivity index (χ3n) is 3.80. The second-order valence-electron chi connectivity index (χ2n) is 5.51. The van der Waals surface area contributed by atoms with E-state index in [1.807, 2.05) is 25.1 Å². The third kappa shape index (κ3) is 2.99. The monoisotopic (exact) mass is 308 g/mol. The average Bonchev–Trinajstić information content (AvgIpc) is 2.85. The van der Waals surface area contributed by atoms with E-state index >= 15 is 0 Å². The molecule has 0 spiro atoms. The summed E-state index contributed by atoms with van der Waals surface area (Å²) in [5.74, 6) is -2.73. The fourth-order valence-corrected chi connectivity index (χ4v) is 2.55. The molecule has 0 unspecified atom stereocenters. The zero-order valence-corrected chi connectivity index (χ0v) is 12.7. The standard InChI is InChI=1S/C18H16N2O3/c1-12-7-9-13(10-8-12)19-17(22)16-15(21)11-20(18(16)23)14-5-3-2-4-6-14/h2-10,16H,11H2,1H3,(H,19,22)/t16-/m1/s1. The molecule has 1 N–H and O–H groups in total. The molecule has 3 rings (SSSR count). The fourth-order valence-electron chi connectivity index (χ4n) is 2.55. The first-order valence-electron chi connectivity index (χ1n) is 7.33. The molecule has 2 aromatic rings. The van der Waals surface area contributed by atoms with Crippen LogP contribution in [-0.2, 0) is 14.4 Å². The van der Waals surface area contributed by atoms with Gasteiger partial charge < -0.3 is 10.2 Å². The lowest BCUT2D eigenvalue weighted by atomic mass is 10.1. The van der Waals surface area contributed by atoms with Crippen LogP contribution in [0.3, 0.4) is 0 Å². The summed E-state index contributed by atoms with van der Waals surface area (Å²) in [6.07, 6.45) is 0. The van der Waals surface area contributed by atoms with Gasteiger partial charge in [0.1, 0.15) is 0 Å². The van der Waals surface area contributed by atoms with Gasteiger partial charge in [-0.05, 0) is 31.2 Å². The van der Waals surface area contributed by atoms with Crippen molar-refractivity contribution in [2.24, 2.45) is 5.92 Å². The molecule has 1 fully saturated rings. The molecule has 2 aromatic carbocycles. The second-order valence-corrected chi connectivity index (χ2v) is 5.51. The largest absolute Gasteiger partial charge is 0.325 e. The van der Waals surface area contributed by atoms with Crippen LogP contribution in [0, 0.1) is 12.8 Å². The Hall–Kier alpha value is -2.95. The lowest BCUT2D eigenvalue weighted by Crippen LogP contribution is -2.34. The van der Waals surface area contributed by atoms with Gasteiger partial charge >= 0.3 is 0 Å². The van der Waals surface area contributed by atoms with Gasteiger partial charge in [-0.15, -0.1) is 0 Å². The van der Waals surface area contributed by atoms with Crippen molar-refractivity contribution in [1.82, 2.24) is 0 Å². The SMILES string of the molecule is Cc1ccc(NC(=O)[C@H]2C(=O)CN(c3ccccc3)C2=O)cc1. The molecule has 1 aliphatic rings. The zero-order chi connectivity index (χ0) is 16.4. The number of rotatable bonds is 3. The predicted molar refractivity (Wildman–Crippen MR) is 87.1 cm³/mol. The summed E-state index contributed by atoms with van der Waals surface area (Å²) in [5.41, 5.74) is 2.25. The number of carbonyl (C=O) groups excluding carboxylic acids is 3. The Labute approximate surface area is 133 Å². The van der Waals surface area contributed by atoms with Crippen LogP contribution in [-0.4, -0.2) is 24.1 Å². The van der Waals surface area contributed by atoms with Crippen molar-refractivity contribution in [3.05, 3.63) is 60.2 Å². The van der Waals surface area contributed by atoms with E-state index in [2.05, 4.69) is 5.32 Å². The van der Waals surface area contributed by atoms with Crippen molar-refractivity contribution in [3.8, 4) is 0 Å². The van der Waals surface area contributed by atoms with Gasteiger partial charge in [0.05, 0.1) is 6.54 Å². The maximum Gasteiger partial charge on any atom is 0.247 e. The Balaban J connectivity index is 1.77. The highest BCUT2D eigenvalue weighted by Gasteiger charge is 2.44. The van der Waals surface area contributed by atoms with E-state index in [1.165, 1.54) is 4.90 Å². The molecular weight excluding hydrogens is 292 g/mol. The van der Waals surface area contributed by atoms with Crippen molar-refractivity contribution in [1.29, 1.82) is 0 Å². The summed E-state index contributed by atoms with van der Waals surface area (Å²) in [6.45, 7) is 1.86. The van der Waals surface area contributed by atoms with E-state index in [-0.39, 0.29) is 12.3 Å². The molecule has 0 radical (unpaired) electrons. The Morgan fingerprint density at radius 2 is 1.70 bits per heavy atom. The number of hydrogen-bond donors (Lipinski definition) is 1. The van der Waals surface area contributed by atoms with Crippen LogP contribution in [0.25, 0.3) is 0 Å². The quantitative estimate of drug-likeness (QED) is 0.884. The van der Waals surface area contributed by atoms with Gasteiger partial charge in [0.25, 0.3) is 0 Å². The molecule has 5 heteroatoms. The third-order valence-corrected chi connectivity index (χ3v) is 3.80. The Morgan fingerprint density at radius 3 is 2.35 bits per heavy atom. The van der Waals surface area contributed by atoms with Gasteiger partial charge in [0.15, 0.2) is 11.7 Å². The summed E-state index contributed by atoms with van der Waals surface area (Å²) in [7, 11) is 0. The normalized spacial score (nSPS) is 17.4. The molecule has 116 valence electrons. The van der Waals surface area contributed by atoms with Crippen LogP contribution in [0.4, 0.5) is 11.4 Å². The van der Waals surface area contributed by atoms with Gasteiger partial charge in [-0.2, -0.15) is 0 Å². The number of ketones is 1. The van der Waals surface area contributed by atoms with Crippen LogP contribution in [0.15, 0.2) is 54.6 Å². The van der Waals surface area contributed by atoms with Crippen molar-refractivity contribution in [2.75, 3.05) is 16.8 Å². The first kappa shape index (κ1) is 15.0. The highest BCUT2D eigenvalue weighted by molar-refractivity contribution is 6.30. The molecule has 1 atom stereocenters. The Bertz CT molecular complexity index is 754. The lowest BCUT2D eigenvalue weighted by molar-refractivity contribution is -0.134. The number of hydrogen-bond acceptors (Lipinski definition) is 3. The Morgan fingerprint density at radius 1 is 1.04 bits per heavy atom. The number of Topliss-reactive ketones (excluding diaryl/α,β-unsaturated/α-hetero) is 1. The maximum atomic E-state index is 12.4. The number of nitrogens with zero attached hydrogens (tertiary/aromatic N) is 1. The van der Waals surface area contributed by atoms with Crippen LogP contribution in [0.5, 0.6) is 0 Å². The molecular formula is C18H16N2O3. The molecule has 0 bridgehead atoms. The van der Waals surface area contributed by atoms with E-state index in [1.54, 1.807) is 36.4 Å². The van der Waals surface area contributed by atoms with E-state index < -0.39 is 17.7 Å². The molecule has 1 aliphatic heterocycles. The number of amides is 2. The number of aryl methyl sites for hydroxylation is 1. The Kier molecular flexibility index (Phi) is 3.93. The lowest BCUT2D eigenvalue weighted by Gasteiger charge is -2.15. The zero-order valence-electron chi connectivity index (χ0n) is 12.7. The molecule has 2 amide bonds. The van der Waals surface area contributed by atoms with Gasteiger partial charge in [-0.3, -0.25) is 14.4 Å². The van der Waals surface area contributed by atoms with Gasteiger partial charge in [-0.25, -0.2) is 0 Å². The van der Waals surface area contributed by atoms with Gasteiger partial charge in [0, 0.05) is 11.4 Å². The molecule has 23 heavy (non-hydrogen) atoms. The van der Waals surface area contributed by atoms with E-state index in [4.69, 9.17) is 0 Å². The number of para-hydroxylation sites is 1. The molecule has 0 aliphatic carbocycles. The van der Waals surface area contributed by atoms with E-state index in [9.17, 15) is 14.4 Å². The minimum atomic E-state index is -1.28. The van der Waals surface area contributed by atoms with Crippen molar-refractivity contribution in [2.45, 2.75) is 6.92 Å². The summed E-state index contributed by atoms with van der Waals surface area (Å²) >= 11 is 0. The number of carbonyl (C=O) groups is 3. The van der Waals surface area contributed by atoms with Crippen LogP contribution < -0.4 is 10.2 Å². The van der Waals surface area contributed by atoms with Crippen LogP contribution in [0.1, 0.15) is 5.56 Å². The first-order chi connectivity index (χ1) is 11.1. The molecule has 1 saturated heterocycles. The fraction of sp³-hybridized carbons (Fsp3) is 0.167. The molecule has 5 nitrogen and oxygen atoms in total. The molecule has 0 aromatic heterocycles. The second kappa shape index (κ2) is 6.04. The summed E-state index contributed by atoms with van der Waals surface area (Å²) < 4.78 is 0. The average molecular weight is 308 g/mol. The van der Waals surface area contributed by atoms with Crippen molar-refractivity contribution in [3.63, 3.8) is 0 Å². The van der Waals surface area contributed by atoms with E-state index in [0.29, 0.717) is 11.4 Å². The van der Waals surface area contributed by atoms with Gasteiger partial charge in [0.2, 0.25) is 11.8 Å². The summed E-state index contributed by atoms with van der Waals surface area (Å²) in [4.78, 5) is 38.2. The smallest absolute Gasteiger partial charge is 0.247 e. The summed E-state index contributed by atoms with van der Waals surface area (Å²) in [5, 5.41) is 2.64.